The molecule has 2 heterocycles. The number of nitrogens with one attached hydrogen (secondary N) is 1. The average molecular weight is 247 g/mol. The molecule has 0 unspecified atom stereocenters. The molecule has 2 N–H and O–H groups in total. The van der Waals surface area contributed by atoms with Crippen molar-refractivity contribution in [2.45, 2.75) is 38.1 Å². The molecule has 0 amide bonds. The van der Waals surface area contributed by atoms with Gasteiger partial charge in [-0.05, 0) is 19.8 Å². The molecule has 6 nitrogen and oxygen atoms in total. The predicted octanol–water partition coefficient (Wildman–Crippen LogP) is 1.15. The lowest BCUT2D eigenvalue weighted by molar-refractivity contribution is 0.213. The third kappa shape index (κ3) is 1.82. The molecule has 96 valence electrons. The van der Waals surface area contributed by atoms with Gasteiger partial charge in [0.05, 0.1) is 12.1 Å². The van der Waals surface area contributed by atoms with Crippen LogP contribution in [0.5, 0.6) is 0 Å². The van der Waals surface area contributed by atoms with Gasteiger partial charge in [-0.3, -0.25) is 0 Å². The third-order valence-electron chi connectivity index (χ3n) is 3.64. The Hall–Kier alpha value is -1.69. The van der Waals surface area contributed by atoms with Crippen LogP contribution in [0.1, 0.15) is 31.4 Å². The largest absolute Gasteiger partial charge is 0.394 e. The highest BCUT2D eigenvalue weighted by Crippen LogP contribution is 2.32. The van der Waals surface area contributed by atoms with Crippen LogP contribution in [-0.2, 0) is 0 Å². The number of fused-ring (bicyclic) bond motifs is 1. The Bertz CT molecular complexity index is 559. The van der Waals surface area contributed by atoms with Crippen LogP contribution >= 0.6 is 0 Å². The summed E-state index contributed by atoms with van der Waals surface area (Å²) in [6, 6.07) is 1.94. The van der Waals surface area contributed by atoms with E-state index in [2.05, 4.69) is 20.4 Å². The summed E-state index contributed by atoms with van der Waals surface area (Å²) in [5.74, 6) is 1.44. The van der Waals surface area contributed by atoms with Gasteiger partial charge in [0.25, 0.3) is 5.78 Å². The van der Waals surface area contributed by atoms with Crippen LogP contribution in [0, 0.1) is 6.92 Å². The predicted molar refractivity (Wildman–Crippen MR) is 67.4 cm³/mol. The van der Waals surface area contributed by atoms with Gasteiger partial charge in [0.1, 0.15) is 12.1 Å². The van der Waals surface area contributed by atoms with Crippen molar-refractivity contribution in [3.63, 3.8) is 0 Å². The molecule has 2 aromatic heterocycles. The van der Waals surface area contributed by atoms with Crippen molar-refractivity contribution < 1.29 is 5.11 Å². The number of aliphatic hydroxyl groups is 1. The van der Waals surface area contributed by atoms with E-state index in [0.717, 1.165) is 37.2 Å². The Morgan fingerprint density at radius 2 is 2.22 bits per heavy atom. The fourth-order valence-corrected chi connectivity index (χ4v) is 2.67. The molecule has 1 saturated carbocycles. The van der Waals surface area contributed by atoms with Crippen LogP contribution in [0.15, 0.2) is 12.4 Å². The molecule has 18 heavy (non-hydrogen) atoms. The van der Waals surface area contributed by atoms with Crippen molar-refractivity contribution in [3.8, 4) is 0 Å². The summed E-state index contributed by atoms with van der Waals surface area (Å²) in [4.78, 5) is 8.41. The summed E-state index contributed by atoms with van der Waals surface area (Å²) < 4.78 is 1.68. The molecule has 0 bridgehead atoms. The molecule has 3 rings (SSSR count). The first kappa shape index (κ1) is 11.4. The number of aromatic nitrogens is 4. The van der Waals surface area contributed by atoms with Crippen molar-refractivity contribution in [1.82, 2.24) is 19.6 Å². The summed E-state index contributed by atoms with van der Waals surface area (Å²) in [5, 5.41) is 17.3. The first-order valence-electron chi connectivity index (χ1n) is 6.29. The van der Waals surface area contributed by atoms with E-state index in [9.17, 15) is 5.11 Å². The number of aliphatic hydroxyl groups excluding tert-OH is 1. The molecule has 6 heteroatoms. The van der Waals surface area contributed by atoms with Crippen LogP contribution in [0.2, 0.25) is 0 Å². The SMILES string of the molecule is Cc1cc(NC2(CO)CCCC2)n2ncnc2n1. The zero-order valence-corrected chi connectivity index (χ0v) is 10.4. The van der Waals surface area contributed by atoms with Crippen molar-refractivity contribution in [3.05, 3.63) is 18.1 Å². The molecular weight excluding hydrogens is 230 g/mol. The van der Waals surface area contributed by atoms with Gasteiger partial charge in [-0.25, -0.2) is 4.98 Å². The lowest BCUT2D eigenvalue weighted by Gasteiger charge is -2.29. The quantitative estimate of drug-likeness (QED) is 0.851. The molecule has 0 aliphatic heterocycles. The number of aryl methyl sites for hydroxylation is 1. The van der Waals surface area contributed by atoms with Crippen molar-refractivity contribution in [2.24, 2.45) is 0 Å². The fourth-order valence-electron chi connectivity index (χ4n) is 2.67. The highest BCUT2D eigenvalue weighted by molar-refractivity contribution is 5.46. The number of hydrogen-bond acceptors (Lipinski definition) is 5. The smallest absolute Gasteiger partial charge is 0.254 e. The minimum Gasteiger partial charge on any atom is -0.394 e. The van der Waals surface area contributed by atoms with Gasteiger partial charge in [0.15, 0.2) is 0 Å². The molecule has 2 aromatic rings. The van der Waals surface area contributed by atoms with E-state index in [1.165, 1.54) is 6.33 Å². The molecule has 1 aliphatic rings. The number of anilines is 1. The van der Waals surface area contributed by atoms with Crippen LogP contribution < -0.4 is 5.32 Å². The Morgan fingerprint density at radius 3 is 2.94 bits per heavy atom. The fraction of sp³-hybridized carbons (Fsp3) is 0.583. The van der Waals surface area contributed by atoms with Crippen molar-refractivity contribution in [1.29, 1.82) is 0 Å². The first-order chi connectivity index (χ1) is 8.72. The highest BCUT2D eigenvalue weighted by Gasteiger charge is 2.33. The Kier molecular flexibility index (Phi) is 2.66. The van der Waals surface area contributed by atoms with Crippen LogP contribution in [0.3, 0.4) is 0 Å². The number of rotatable bonds is 3. The van der Waals surface area contributed by atoms with E-state index in [0.29, 0.717) is 5.78 Å². The van der Waals surface area contributed by atoms with E-state index in [-0.39, 0.29) is 12.1 Å². The molecule has 1 aliphatic carbocycles. The van der Waals surface area contributed by atoms with E-state index in [1.54, 1.807) is 4.52 Å². The molecular formula is C12H17N5O. The summed E-state index contributed by atoms with van der Waals surface area (Å²) in [7, 11) is 0. The standard InChI is InChI=1S/C12H17N5O/c1-9-6-10(17-11(15-9)13-8-14-17)16-12(7-18)4-2-3-5-12/h6,8,16,18H,2-5,7H2,1H3. The molecule has 0 atom stereocenters. The minimum absolute atomic E-state index is 0.143. The maximum absolute atomic E-state index is 9.65. The van der Waals surface area contributed by atoms with E-state index < -0.39 is 0 Å². The maximum Gasteiger partial charge on any atom is 0.254 e. The zero-order valence-electron chi connectivity index (χ0n) is 10.4. The monoisotopic (exact) mass is 247 g/mol. The molecule has 0 saturated heterocycles. The van der Waals surface area contributed by atoms with Gasteiger partial charge in [-0.1, -0.05) is 12.8 Å². The average Bonchev–Trinajstić information content (AvgIpc) is 2.98. The summed E-state index contributed by atoms with van der Waals surface area (Å²) >= 11 is 0. The number of hydrogen-bond donors (Lipinski definition) is 2. The molecule has 0 spiro atoms. The van der Waals surface area contributed by atoms with Crippen LogP contribution in [0.25, 0.3) is 5.78 Å². The van der Waals surface area contributed by atoms with Crippen molar-refractivity contribution >= 4 is 11.6 Å². The summed E-state index contributed by atoms with van der Waals surface area (Å²) in [5.41, 5.74) is 0.677. The van der Waals surface area contributed by atoms with E-state index in [1.807, 2.05) is 13.0 Å². The van der Waals surface area contributed by atoms with Gasteiger partial charge >= 0.3 is 0 Å². The number of nitrogens with zero attached hydrogens (tertiary/aromatic N) is 4. The van der Waals surface area contributed by atoms with E-state index >= 15 is 0 Å². The lowest BCUT2D eigenvalue weighted by atomic mass is 9.99. The zero-order chi connectivity index (χ0) is 12.6. The Balaban J connectivity index is 2.01. The second-order valence-corrected chi connectivity index (χ2v) is 5.03. The first-order valence-corrected chi connectivity index (χ1v) is 6.29. The summed E-state index contributed by atoms with van der Waals surface area (Å²) in [6.45, 7) is 2.07. The topological polar surface area (TPSA) is 75.3 Å². The molecule has 0 aromatic carbocycles. The van der Waals surface area contributed by atoms with Gasteiger partial charge < -0.3 is 10.4 Å². The molecule has 1 fully saturated rings. The van der Waals surface area contributed by atoms with Gasteiger partial charge in [0.2, 0.25) is 0 Å². The van der Waals surface area contributed by atoms with Gasteiger partial charge in [-0.15, -0.1) is 0 Å². The van der Waals surface area contributed by atoms with E-state index in [4.69, 9.17) is 0 Å². The third-order valence-corrected chi connectivity index (χ3v) is 3.64. The summed E-state index contributed by atoms with van der Waals surface area (Å²) in [6.07, 6.45) is 5.77. The minimum atomic E-state index is -0.216. The van der Waals surface area contributed by atoms with Gasteiger partial charge in [0, 0.05) is 11.8 Å². The Morgan fingerprint density at radius 1 is 1.44 bits per heavy atom. The normalized spacial score (nSPS) is 18.3. The van der Waals surface area contributed by atoms with Crippen molar-refractivity contribution in [2.75, 3.05) is 11.9 Å². The van der Waals surface area contributed by atoms with Crippen LogP contribution in [-0.4, -0.2) is 36.8 Å². The lowest BCUT2D eigenvalue weighted by Crippen LogP contribution is -2.39. The highest BCUT2D eigenvalue weighted by atomic mass is 16.3. The molecule has 0 radical (unpaired) electrons. The maximum atomic E-state index is 9.65. The van der Waals surface area contributed by atoms with Gasteiger partial charge in [-0.2, -0.15) is 14.6 Å². The second kappa shape index (κ2) is 4.20. The van der Waals surface area contributed by atoms with Crippen LogP contribution in [0.4, 0.5) is 5.82 Å². The Labute approximate surface area is 105 Å². The second-order valence-electron chi connectivity index (χ2n) is 5.03.